The predicted octanol–water partition coefficient (Wildman–Crippen LogP) is 3.64. The Balaban J connectivity index is 0.000000322. The molecule has 0 aromatic heterocycles. The first-order valence-electron chi connectivity index (χ1n) is 7.66. The van der Waals surface area contributed by atoms with E-state index < -0.39 is 0 Å². The summed E-state index contributed by atoms with van der Waals surface area (Å²) in [5, 5.41) is 13.8. The number of carbonyl (C=O) groups is 1. The maximum absolute atomic E-state index is 9.60. The zero-order valence-corrected chi connectivity index (χ0v) is 15.3. The second kappa shape index (κ2) is 9.48. The molecular formula is C17H25Cl2NO3. The predicted molar refractivity (Wildman–Crippen MR) is 94.2 cm³/mol. The molecule has 2 unspecified atom stereocenters. The molecule has 1 fully saturated rings. The number of aliphatic hydroxyl groups excluding tert-OH is 1. The third kappa shape index (κ3) is 7.08. The number of nitrogens with one attached hydrogen (secondary N) is 1. The number of piperidine rings is 1. The maximum atomic E-state index is 9.60. The lowest BCUT2D eigenvalue weighted by Gasteiger charge is -2.31. The summed E-state index contributed by atoms with van der Waals surface area (Å²) in [6, 6.07) is 5.76. The molecule has 2 atom stereocenters. The number of aliphatic hydroxyl groups is 1. The van der Waals surface area contributed by atoms with Crippen molar-refractivity contribution in [1.82, 2.24) is 5.32 Å². The van der Waals surface area contributed by atoms with Crippen LogP contribution in [0.3, 0.4) is 0 Å². The van der Waals surface area contributed by atoms with Gasteiger partial charge in [-0.15, -0.1) is 0 Å². The normalized spacial score (nSPS) is 21.1. The van der Waals surface area contributed by atoms with Gasteiger partial charge in [0, 0.05) is 19.1 Å². The number of carbonyl (C=O) groups excluding carboxylic acids is 1. The highest BCUT2D eigenvalue weighted by molar-refractivity contribution is 6.42. The van der Waals surface area contributed by atoms with Gasteiger partial charge in [0.2, 0.25) is 0 Å². The SMILES string of the molecule is CC(C)(C)OC=O.OCC1CNCCC1c1ccc(Cl)c(Cl)c1. The van der Waals surface area contributed by atoms with Crippen molar-refractivity contribution in [2.45, 2.75) is 38.7 Å². The highest BCUT2D eigenvalue weighted by atomic mass is 35.5. The molecule has 0 aliphatic carbocycles. The molecule has 23 heavy (non-hydrogen) atoms. The van der Waals surface area contributed by atoms with E-state index in [9.17, 15) is 9.90 Å². The maximum Gasteiger partial charge on any atom is 0.293 e. The van der Waals surface area contributed by atoms with E-state index in [2.05, 4.69) is 10.1 Å². The van der Waals surface area contributed by atoms with Crippen LogP contribution in [0.5, 0.6) is 0 Å². The van der Waals surface area contributed by atoms with E-state index in [1.165, 1.54) is 5.56 Å². The van der Waals surface area contributed by atoms with Crippen LogP contribution in [-0.4, -0.2) is 36.9 Å². The monoisotopic (exact) mass is 361 g/mol. The van der Waals surface area contributed by atoms with Gasteiger partial charge in [-0.3, -0.25) is 4.79 Å². The summed E-state index contributed by atoms with van der Waals surface area (Å²) in [5.74, 6) is 0.645. The van der Waals surface area contributed by atoms with Crippen LogP contribution < -0.4 is 5.32 Å². The minimum atomic E-state index is -0.318. The van der Waals surface area contributed by atoms with Crippen LogP contribution >= 0.6 is 23.2 Å². The Bertz CT molecular complexity index is 503. The van der Waals surface area contributed by atoms with E-state index in [4.69, 9.17) is 23.2 Å². The van der Waals surface area contributed by atoms with Crippen molar-refractivity contribution in [2.75, 3.05) is 19.7 Å². The molecule has 0 amide bonds. The van der Waals surface area contributed by atoms with Gasteiger partial charge < -0.3 is 15.2 Å². The van der Waals surface area contributed by atoms with Gasteiger partial charge in [-0.2, -0.15) is 0 Å². The molecule has 0 saturated carbocycles. The summed E-state index contributed by atoms with van der Waals surface area (Å²) in [6.45, 7) is 7.98. The van der Waals surface area contributed by atoms with Crippen molar-refractivity contribution in [2.24, 2.45) is 5.92 Å². The minimum Gasteiger partial charge on any atom is -0.462 e. The van der Waals surface area contributed by atoms with Crippen molar-refractivity contribution >= 4 is 29.7 Å². The number of hydrogen-bond donors (Lipinski definition) is 2. The van der Waals surface area contributed by atoms with Crippen LogP contribution in [0.4, 0.5) is 0 Å². The minimum absolute atomic E-state index is 0.206. The zero-order chi connectivity index (χ0) is 17.5. The number of ether oxygens (including phenoxy) is 1. The molecular weight excluding hydrogens is 337 g/mol. The lowest BCUT2D eigenvalue weighted by Crippen LogP contribution is -2.37. The molecule has 2 rings (SSSR count). The van der Waals surface area contributed by atoms with Crippen LogP contribution in [0.25, 0.3) is 0 Å². The van der Waals surface area contributed by atoms with Gasteiger partial charge in [0.15, 0.2) is 0 Å². The molecule has 0 spiro atoms. The topological polar surface area (TPSA) is 58.6 Å². The molecule has 130 valence electrons. The average molecular weight is 362 g/mol. The first kappa shape index (κ1) is 20.2. The lowest BCUT2D eigenvalue weighted by molar-refractivity contribution is -0.138. The largest absolute Gasteiger partial charge is 0.462 e. The first-order valence-corrected chi connectivity index (χ1v) is 8.42. The van der Waals surface area contributed by atoms with Crippen molar-refractivity contribution in [3.63, 3.8) is 0 Å². The fourth-order valence-corrected chi connectivity index (χ4v) is 2.75. The molecule has 1 heterocycles. The summed E-state index contributed by atoms with van der Waals surface area (Å²) < 4.78 is 4.55. The van der Waals surface area contributed by atoms with Gasteiger partial charge >= 0.3 is 0 Å². The smallest absolute Gasteiger partial charge is 0.293 e. The number of hydrogen-bond acceptors (Lipinski definition) is 4. The Morgan fingerprint density at radius 2 is 2.04 bits per heavy atom. The Morgan fingerprint density at radius 3 is 2.52 bits per heavy atom. The van der Waals surface area contributed by atoms with E-state index in [0.29, 0.717) is 22.4 Å². The van der Waals surface area contributed by atoms with Gasteiger partial charge in [-0.05, 0) is 57.4 Å². The summed E-state index contributed by atoms with van der Waals surface area (Å²) in [7, 11) is 0. The average Bonchev–Trinajstić information content (AvgIpc) is 2.49. The third-order valence-electron chi connectivity index (χ3n) is 3.62. The fraction of sp³-hybridized carbons (Fsp3) is 0.588. The first-order chi connectivity index (χ1) is 10.8. The highest BCUT2D eigenvalue weighted by Gasteiger charge is 2.25. The van der Waals surface area contributed by atoms with E-state index in [0.717, 1.165) is 19.5 Å². The van der Waals surface area contributed by atoms with Crippen LogP contribution in [-0.2, 0) is 9.53 Å². The van der Waals surface area contributed by atoms with E-state index in [-0.39, 0.29) is 18.1 Å². The van der Waals surface area contributed by atoms with Crippen LogP contribution in [0.2, 0.25) is 10.0 Å². The third-order valence-corrected chi connectivity index (χ3v) is 4.35. The molecule has 1 aliphatic rings. The Morgan fingerprint density at radius 1 is 1.35 bits per heavy atom. The van der Waals surface area contributed by atoms with Crippen molar-refractivity contribution < 1.29 is 14.6 Å². The number of benzene rings is 1. The number of halogens is 2. The van der Waals surface area contributed by atoms with Gasteiger partial charge in [-0.25, -0.2) is 0 Å². The quantitative estimate of drug-likeness (QED) is 0.806. The van der Waals surface area contributed by atoms with Gasteiger partial charge in [0.25, 0.3) is 6.47 Å². The molecule has 0 bridgehead atoms. The van der Waals surface area contributed by atoms with Gasteiger partial charge in [0.05, 0.1) is 10.0 Å². The molecule has 0 radical (unpaired) electrons. The lowest BCUT2D eigenvalue weighted by atomic mass is 9.82. The summed E-state index contributed by atoms with van der Waals surface area (Å²) in [5.41, 5.74) is 0.858. The van der Waals surface area contributed by atoms with E-state index in [1.807, 2.05) is 39.0 Å². The second-order valence-electron chi connectivity index (χ2n) is 6.54. The Labute approximate surface area is 148 Å². The molecule has 2 N–H and O–H groups in total. The summed E-state index contributed by atoms with van der Waals surface area (Å²) >= 11 is 11.9. The number of rotatable bonds is 3. The van der Waals surface area contributed by atoms with Crippen molar-refractivity contribution in [1.29, 1.82) is 0 Å². The molecule has 1 aromatic rings. The van der Waals surface area contributed by atoms with Crippen LogP contribution in [0, 0.1) is 5.92 Å². The second-order valence-corrected chi connectivity index (χ2v) is 7.36. The van der Waals surface area contributed by atoms with Crippen LogP contribution in [0.1, 0.15) is 38.7 Å². The summed E-state index contributed by atoms with van der Waals surface area (Å²) in [6.07, 6.45) is 1.03. The van der Waals surface area contributed by atoms with E-state index >= 15 is 0 Å². The zero-order valence-electron chi connectivity index (χ0n) is 13.8. The molecule has 6 heteroatoms. The van der Waals surface area contributed by atoms with Crippen molar-refractivity contribution in [3.05, 3.63) is 33.8 Å². The van der Waals surface area contributed by atoms with Gasteiger partial charge in [-0.1, -0.05) is 29.3 Å². The fourth-order valence-electron chi connectivity index (χ4n) is 2.44. The summed E-state index contributed by atoms with van der Waals surface area (Å²) in [4.78, 5) is 9.60. The molecule has 1 aliphatic heterocycles. The van der Waals surface area contributed by atoms with E-state index in [1.54, 1.807) is 0 Å². The van der Waals surface area contributed by atoms with Crippen LogP contribution in [0.15, 0.2) is 18.2 Å². The highest BCUT2D eigenvalue weighted by Crippen LogP contribution is 2.33. The standard InChI is InChI=1S/C12H15Cl2NO.C5H10O2/c13-11-2-1-8(5-12(11)14)10-3-4-15-6-9(10)7-16;1-5(2,3)7-4-6/h1-2,5,9-10,15-16H,3-4,6-7H2;4H,1-3H3. The Kier molecular flexibility index (Phi) is 8.34. The Hall–Kier alpha value is -0.810. The molecule has 1 saturated heterocycles. The van der Waals surface area contributed by atoms with Crippen molar-refractivity contribution in [3.8, 4) is 0 Å². The molecule has 1 aromatic carbocycles. The van der Waals surface area contributed by atoms with Gasteiger partial charge in [0.1, 0.15) is 5.60 Å². The molecule has 4 nitrogen and oxygen atoms in total.